The normalized spacial score (nSPS) is 18.2. The lowest BCUT2D eigenvalue weighted by atomic mass is 10.1. The SMILES string of the molecule is COc1ccccc1CNC(=O)C(C)N1CCN(S(=O)(=O)c2ccc3c(c2)CCC3)CC1. The number of carbonyl (C=O) groups is 1. The Hall–Kier alpha value is -2.42. The fourth-order valence-corrected chi connectivity index (χ4v) is 6.01. The van der Waals surface area contributed by atoms with E-state index in [1.54, 1.807) is 17.5 Å². The molecule has 2 aromatic carbocycles. The van der Waals surface area contributed by atoms with Gasteiger partial charge in [-0.2, -0.15) is 4.31 Å². The van der Waals surface area contributed by atoms with Gasteiger partial charge in [-0.25, -0.2) is 8.42 Å². The fourth-order valence-electron chi connectivity index (χ4n) is 4.53. The van der Waals surface area contributed by atoms with Crippen molar-refractivity contribution in [2.75, 3.05) is 33.3 Å². The number of nitrogens with zero attached hydrogens (tertiary/aromatic N) is 2. The Morgan fingerprint density at radius 3 is 2.53 bits per heavy atom. The molecule has 32 heavy (non-hydrogen) atoms. The smallest absolute Gasteiger partial charge is 0.243 e. The number of ether oxygens (including phenoxy) is 1. The first kappa shape index (κ1) is 22.8. The highest BCUT2D eigenvalue weighted by atomic mass is 32.2. The molecule has 2 aliphatic rings. The van der Waals surface area contributed by atoms with Crippen molar-refractivity contribution in [3.05, 3.63) is 59.2 Å². The lowest BCUT2D eigenvalue weighted by molar-refractivity contribution is -0.126. The van der Waals surface area contributed by atoms with E-state index in [9.17, 15) is 13.2 Å². The first-order chi connectivity index (χ1) is 15.4. The molecule has 8 heteroatoms. The molecule has 1 fully saturated rings. The first-order valence-electron chi connectivity index (χ1n) is 11.2. The molecule has 1 aliphatic carbocycles. The molecular formula is C24H31N3O4S. The van der Waals surface area contributed by atoms with Crippen LogP contribution in [0.5, 0.6) is 5.75 Å². The largest absolute Gasteiger partial charge is 0.496 e. The molecule has 4 rings (SSSR count). The maximum atomic E-state index is 13.1. The highest BCUT2D eigenvalue weighted by Gasteiger charge is 2.32. The van der Waals surface area contributed by atoms with Crippen LogP contribution in [0.25, 0.3) is 0 Å². The molecule has 1 amide bonds. The van der Waals surface area contributed by atoms with Gasteiger partial charge >= 0.3 is 0 Å². The van der Waals surface area contributed by atoms with Crippen LogP contribution in [-0.2, 0) is 34.2 Å². The van der Waals surface area contributed by atoms with Gasteiger partial charge in [-0.3, -0.25) is 9.69 Å². The Kier molecular flexibility index (Phi) is 6.83. The number of hydrogen-bond acceptors (Lipinski definition) is 5. The summed E-state index contributed by atoms with van der Waals surface area (Å²) in [4.78, 5) is 15.1. The number of fused-ring (bicyclic) bond motifs is 1. The van der Waals surface area contributed by atoms with Crippen molar-refractivity contribution in [3.63, 3.8) is 0 Å². The molecule has 1 aliphatic heterocycles. The Bertz CT molecular complexity index is 1080. The van der Waals surface area contributed by atoms with Gasteiger partial charge in [-0.15, -0.1) is 0 Å². The van der Waals surface area contributed by atoms with Gasteiger partial charge in [0, 0.05) is 38.3 Å². The molecule has 0 bridgehead atoms. The Labute approximate surface area is 190 Å². The molecule has 0 aromatic heterocycles. The molecule has 7 nitrogen and oxygen atoms in total. The number of piperazine rings is 1. The van der Waals surface area contributed by atoms with Crippen LogP contribution in [0.2, 0.25) is 0 Å². The van der Waals surface area contributed by atoms with Gasteiger partial charge in [0.25, 0.3) is 0 Å². The number of amides is 1. The van der Waals surface area contributed by atoms with Gasteiger partial charge < -0.3 is 10.1 Å². The molecule has 1 unspecified atom stereocenters. The molecule has 172 valence electrons. The molecule has 2 aromatic rings. The Morgan fingerprint density at radius 2 is 1.78 bits per heavy atom. The van der Waals surface area contributed by atoms with Crippen molar-refractivity contribution in [2.45, 2.75) is 43.7 Å². The topological polar surface area (TPSA) is 79.0 Å². The average Bonchev–Trinajstić information content (AvgIpc) is 3.30. The van der Waals surface area contributed by atoms with Crippen molar-refractivity contribution >= 4 is 15.9 Å². The second kappa shape index (κ2) is 9.60. The van der Waals surface area contributed by atoms with Crippen molar-refractivity contribution in [2.24, 2.45) is 0 Å². The van der Waals surface area contributed by atoms with E-state index in [2.05, 4.69) is 5.32 Å². The lowest BCUT2D eigenvalue weighted by Gasteiger charge is -2.36. The Morgan fingerprint density at radius 1 is 1.06 bits per heavy atom. The summed E-state index contributed by atoms with van der Waals surface area (Å²) < 4.78 is 33.1. The third-order valence-electron chi connectivity index (χ3n) is 6.55. The fraction of sp³-hybridized carbons (Fsp3) is 0.458. The number of nitrogens with one attached hydrogen (secondary N) is 1. The zero-order valence-corrected chi connectivity index (χ0v) is 19.5. The predicted octanol–water partition coefficient (Wildman–Crippen LogP) is 2.20. The second-order valence-electron chi connectivity index (χ2n) is 8.43. The van der Waals surface area contributed by atoms with Gasteiger partial charge in [-0.05, 0) is 55.5 Å². The van der Waals surface area contributed by atoms with E-state index in [-0.39, 0.29) is 11.9 Å². The van der Waals surface area contributed by atoms with E-state index >= 15 is 0 Å². The van der Waals surface area contributed by atoms with E-state index in [4.69, 9.17) is 4.74 Å². The monoisotopic (exact) mass is 457 g/mol. The summed E-state index contributed by atoms with van der Waals surface area (Å²) in [5, 5.41) is 2.97. The van der Waals surface area contributed by atoms with E-state index < -0.39 is 10.0 Å². The highest BCUT2D eigenvalue weighted by Crippen LogP contribution is 2.27. The van der Waals surface area contributed by atoms with Crippen LogP contribution in [0, 0.1) is 0 Å². The zero-order chi connectivity index (χ0) is 22.7. The van der Waals surface area contributed by atoms with E-state index in [1.165, 1.54) is 5.56 Å². The van der Waals surface area contributed by atoms with Crippen LogP contribution in [0.1, 0.15) is 30.0 Å². The van der Waals surface area contributed by atoms with Gasteiger partial charge in [0.15, 0.2) is 0 Å². The minimum atomic E-state index is -3.51. The minimum absolute atomic E-state index is 0.0779. The van der Waals surface area contributed by atoms with Crippen molar-refractivity contribution in [3.8, 4) is 5.75 Å². The average molecular weight is 458 g/mol. The van der Waals surface area contributed by atoms with Crippen molar-refractivity contribution < 1.29 is 17.9 Å². The molecule has 1 atom stereocenters. The molecule has 0 saturated carbocycles. The molecule has 0 radical (unpaired) electrons. The summed E-state index contributed by atoms with van der Waals surface area (Å²) in [5.41, 5.74) is 3.34. The molecule has 0 spiro atoms. The molecule has 1 N–H and O–H groups in total. The van der Waals surface area contributed by atoms with Crippen LogP contribution in [0.4, 0.5) is 0 Å². The standard InChI is InChI=1S/C24H31N3O4S/c1-18(24(28)25-17-21-6-3-4-9-23(21)31-2)26-12-14-27(15-13-26)32(29,30)22-11-10-19-7-5-8-20(19)16-22/h3-4,6,9-11,16,18H,5,7-8,12-15,17H2,1-2H3,(H,25,28). The number of benzene rings is 2. The third-order valence-corrected chi connectivity index (χ3v) is 8.45. The summed E-state index contributed by atoms with van der Waals surface area (Å²) in [6, 6.07) is 12.8. The quantitative estimate of drug-likeness (QED) is 0.690. The number of rotatable bonds is 7. The van der Waals surface area contributed by atoms with Crippen LogP contribution in [0.15, 0.2) is 47.4 Å². The van der Waals surface area contributed by atoms with Gasteiger partial charge in [0.2, 0.25) is 15.9 Å². The summed E-state index contributed by atoms with van der Waals surface area (Å²) in [6.45, 7) is 4.05. The number of hydrogen-bond donors (Lipinski definition) is 1. The first-order valence-corrected chi connectivity index (χ1v) is 12.6. The van der Waals surface area contributed by atoms with Crippen LogP contribution >= 0.6 is 0 Å². The van der Waals surface area contributed by atoms with Gasteiger partial charge in [-0.1, -0.05) is 24.3 Å². The Balaban J connectivity index is 1.33. The number of aryl methyl sites for hydroxylation is 2. The molecule has 1 heterocycles. The number of sulfonamides is 1. The minimum Gasteiger partial charge on any atom is -0.496 e. The van der Waals surface area contributed by atoms with Crippen LogP contribution in [0.3, 0.4) is 0 Å². The number of methoxy groups -OCH3 is 1. The van der Waals surface area contributed by atoms with E-state index in [1.807, 2.05) is 48.2 Å². The number of carbonyl (C=O) groups excluding carboxylic acids is 1. The maximum absolute atomic E-state index is 13.1. The summed E-state index contributed by atoms with van der Waals surface area (Å²) in [6.07, 6.45) is 3.08. The van der Waals surface area contributed by atoms with Gasteiger partial charge in [0.1, 0.15) is 5.75 Å². The molecular weight excluding hydrogens is 426 g/mol. The third kappa shape index (κ3) is 4.67. The van der Waals surface area contributed by atoms with Crippen LogP contribution in [-0.4, -0.2) is 62.9 Å². The lowest BCUT2D eigenvalue weighted by Crippen LogP contribution is -2.54. The summed E-state index contributed by atoms with van der Waals surface area (Å²) in [5.74, 6) is 0.664. The van der Waals surface area contributed by atoms with Crippen molar-refractivity contribution in [1.82, 2.24) is 14.5 Å². The second-order valence-corrected chi connectivity index (χ2v) is 10.4. The predicted molar refractivity (Wildman–Crippen MR) is 123 cm³/mol. The molecule has 1 saturated heterocycles. The zero-order valence-electron chi connectivity index (χ0n) is 18.7. The summed E-state index contributed by atoms with van der Waals surface area (Å²) in [7, 11) is -1.90. The number of para-hydroxylation sites is 1. The van der Waals surface area contributed by atoms with E-state index in [0.717, 1.165) is 36.1 Å². The van der Waals surface area contributed by atoms with E-state index in [0.29, 0.717) is 37.6 Å². The summed E-state index contributed by atoms with van der Waals surface area (Å²) >= 11 is 0. The van der Waals surface area contributed by atoms with Gasteiger partial charge in [0.05, 0.1) is 18.0 Å². The van der Waals surface area contributed by atoms with Crippen LogP contribution < -0.4 is 10.1 Å². The van der Waals surface area contributed by atoms with Crippen molar-refractivity contribution in [1.29, 1.82) is 0 Å². The maximum Gasteiger partial charge on any atom is 0.243 e. The highest BCUT2D eigenvalue weighted by molar-refractivity contribution is 7.89.